The SMILES string of the molecule is O=C(Nc1cccc(Br)c1)c1cc(O)[nH]c(=O)c1. The van der Waals surface area contributed by atoms with Gasteiger partial charge in [-0.3, -0.25) is 14.6 Å². The van der Waals surface area contributed by atoms with Crippen molar-refractivity contribution in [1.82, 2.24) is 4.98 Å². The molecule has 1 aromatic heterocycles. The van der Waals surface area contributed by atoms with Crippen molar-refractivity contribution in [3.05, 3.63) is 56.8 Å². The third kappa shape index (κ3) is 2.98. The Morgan fingerprint density at radius 1 is 1.28 bits per heavy atom. The molecule has 1 heterocycles. The van der Waals surface area contributed by atoms with E-state index < -0.39 is 11.5 Å². The average molecular weight is 309 g/mol. The molecule has 0 aliphatic carbocycles. The van der Waals surface area contributed by atoms with Gasteiger partial charge in [-0.05, 0) is 18.2 Å². The molecule has 1 aromatic carbocycles. The molecular formula is C12H9BrN2O3. The van der Waals surface area contributed by atoms with Gasteiger partial charge in [-0.1, -0.05) is 22.0 Å². The third-order valence-electron chi connectivity index (χ3n) is 2.17. The molecule has 0 unspecified atom stereocenters. The van der Waals surface area contributed by atoms with Crippen LogP contribution in [-0.4, -0.2) is 16.0 Å². The van der Waals surface area contributed by atoms with Crippen molar-refractivity contribution >= 4 is 27.5 Å². The lowest BCUT2D eigenvalue weighted by molar-refractivity contribution is 0.102. The second-order valence-electron chi connectivity index (χ2n) is 3.58. The predicted molar refractivity (Wildman–Crippen MR) is 70.8 cm³/mol. The van der Waals surface area contributed by atoms with Crippen molar-refractivity contribution in [2.24, 2.45) is 0 Å². The number of hydrogen-bond donors (Lipinski definition) is 3. The molecule has 0 atom stereocenters. The maximum absolute atomic E-state index is 11.8. The van der Waals surface area contributed by atoms with Crippen LogP contribution in [0, 0.1) is 0 Å². The summed E-state index contributed by atoms with van der Waals surface area (Å²) in [4.78, 5) is 25.1. The number of carbonyl (C=O) groups excluding carboxylic acids is 1. The van der Waals surface area contributed by atoms with E-state index in [4.69, 9.17) is 0 Å². The number of halogens is 1. The van der Waals surface area contributed by atoms with Gasteiger partial charge in [0, 0.05) is 22.3 Å². The fourth-order valence-corrected chi connectivity index (χ4v) is 1.83. The van der Waals surface area contributed by atoms with E-state index in [1.54, 1.807) is 18.2 Å². The number of aromatic nitrogens is 1. The Kier molecular flexibility index (Phi) is 3.47. The lowest BCUT2D eigenvalue weighted by Crippen LogP contribution is -2.15. The zero-order valence-corrected chi connectivity index (χ0v) is 10.7. The van der Waals surface area contributed by atoms with Crippen LogP contribution in [0.5, 0.6) is 5.88 Å². The summed E-state index contributed by atoms with van der Waals surface area (Å²) in [5, 5.41) is 11.8. The molecule has 2 rings (SSSR count). The molecule has 0 bridgehead atoms. The molecule has 5 nitrogen and oxygen atoms in total. The van der Waals surface area contributed by atoms with E-state index >= 15 is 0 Å². The minimum absolute atomic E-state index is 0.0937. The molecule has 0 saturated carbocycles. The first-order valence-electron chi connectivity index (χ1n) is 5.05. The molecule has 0 radical (unpaired) electrons. The Balaban J connectivity index is 2.24. The van der Waals surface area contributed by atoms with Crippen LogP contribution in [0.25, 0.3) is 0 Å². The van der Waals surface area contributed by atoms with Crippen molar-refractivity contribution in [3.8, 4) is 5.88 Å². The maximum atomic E-state index is 11.8. The van der Waals surface area contributed by atoms with Gasteiger partial charge in [-0.15, -0.1) is 0 Å². The highest BCUT2D eigenvalue weighted by atomic mass is 79.9. The van der Waals surface area contributed by atoms with E-state index in [1.165, 1.54) is 6.07 Å². The predicted octanol–water partition coefficient (Wildman–Crippen LogP) is 2.10. The van der Waals surface area contributed by atoms with E-state index in [-0.39, 0.29) is 11.4 Å². The normalized spacial score (nSPS) is 10.1. The summed E-state index contributed by atoms with van der Waals surface area (Å²) in [7, 11) is 0. The number of aromatic hydroxyl groups is 1. The summed E-state index contributed by atoms with van der Waals surface area (Å²) in [6, 6.07) is 9.35. The molecule has 2 aromatic rings. The standard InChI is InChI=1S/C12H9BrN2O3/c13-8-2-1-3-9(6-8)14-12(18)7-4-10(16)15-11(17)5-7/h1-6H,(H,14,18)(H2,15,16,17). The molecular weight excluding hydrogens is 300 g/mol. The first-order valence-corrected chi connectivity index (χ1v) is 5.84. The van der Waals surface area contributed by atoms with Crippen LogP contribution in [0.4, 0.5) is 5.69 Å². The van der Waals surface area contributed by atoms with Crippen LogP contribution in [0.3, 0.4) is 0 Å². The first kappa shape index (κ1) is 12.4. The quantitative estimate of drug-likeness (QED) is 0.794. The molecule has 92 valence electrons. The van der Waals surface area contributed by atoms with Crippen LogP contribution < -0.4 is 10.9 Å². The highest BCUT2D eigenvalue weighted by Crippen LogP contribution is 2.16. The van der Waals surface area contributed by atoms with Crippen LogP contribution in [0.1, 0.15) is 10.4 Å². The van der Waals surface area contributed by atoms with Gasteiger partial charge < -0.3 is 10.4 Å². The summed E-state index contributed by atoms with van der Waals surface area (Å²) in [6.45, 7) is 0. The lowest BCUT2D eigenvalue weighted by Gasteiger charge is -2.05. The van der Waals surface area contributed by atoms with Gasteiger partial charge in [0.2, 0.25) is 0 Å². The first-order chi connectivity index (χ1) is 8.54. The molecule has 0 fully saturated rings. The van der Waals surface area contributed by atoms with Crippen LogP contribution in [-0.2, 0) is 0 Å². The van der Waals surface area contributed by atoms with Gasteiger partial charge in [0.1, 0.15) is 0 Å². The fourth-order valence-electron chi connectivity index (χ4n) is 1.43. The largest absolute Gasteiger partial charge is 0.494 e. The Morgan fingerprint density at radius 3 is 2.72 bits per heavy atom. The Hall–Kier alpha value is -2.08. The number of nitrogens with one attached hydrogen (secondary N) is 2. The molecule has 6 heteroatoms. The molecule has 1 amide bonds. The smallest absolute Gasteiger partial charge is 0.256 e. The topological polar surface area (TPSA) is 82.2 Å². The van der Waals surface area contributed by atoms with Crippen molar-refractivity contribution in [3.63, 3.8) is 0 Å². The van der Waals surface area contributed by atoms with E-state index in [0.29, 0.717) is 5.69 Å². The minimum atomic E-state index is -0.533. The van der Waals surface area contributed by atoms with Gasteiger partial charge in [-0.2, -0.15) is 0 Å². The molecule has 18 heavy (non-hydrogen) atoms. The second-order valence-corrected chi connectivity index (χ2v) is 4.50. The van der Waals surface area contributed by atoms with Gasteiger partial charge in [-0.25, -0.2) is 0 Å². The number of H-pyrrole nitrogens is 1. The summed E-state index contributed by atoms with van der Waals surface area (Å²) in [5.74, 6) is -0.809. The zero-order chi connectivity index (χ0) is 13.1. The number of hydrogen-bond acceptors (Lipinski definition) is 3. The van der Waals surface area contributed by atoms with Crippen molar-refractivity contribution in [2.45, 2.75) is 0 Å². The summed E-state index contributed by atoms with van der Waals surface area (Å²) >= 11 is 3.29. The third-order valence-corrected chi connectivity index (χ3v) is 2.67. The number of carbonyl (C=O) groups is 1. The zero-order valence-electron chi connectivity index (χ0n) is 9.11. The van der Waals surface area contributed by atoms with Crippen molar-refractivity contribution < 1.29 is 9.90 Å². The summed E-state index contributed by atoms with van der Waals surface area (Å²) < 4.78 is 0.828. The Labute approximate surface area is 111 Å². The highest BCUT2D eigenvalue weighted by molar-refractivity contribution is 9.10. The van der Waals surface area contributed by atoms with Crippen LogP contribution in [0.2, 0.25) is 0 Å². The lowest BCUT2D eigenvalue weighted by atomic mass is 10.2. The van der Waals surface area contributed by atoms with Crippen LogP contribution >= 0.6 is 15.9 Å². The van der Waals surface area contributed by atoms with Gasteiger partial charge in [0.25, 0.3) is 11.5 Å². The van der Waals surface area contributed by atoms with E-state index in [0.717, 1.165) is 10.5 Å². The monoisotopic (exact) mass is 308 g/mol. The highest BCUT2D eigenvalue weighted by Gasteiger charge is 2.08. The van der Waals surface area contributed by atoms with E-state index in [2.05, 4.69) is 26.2 Å². The maximum Gasteiger partial charge on any atom is 0.256 e. The molecule has 0 saturated heterocycles. The number of rotatable bonds is 2. The average Bonchev–Trinajstić information content (AvgIpc) is 2.27. The van der Waals surface area contributed by atoms with Gasteiger partial charge in [0.05, 0.1) is 5.56 Å². The molecule has 0 aliphatic rings. The van der Waals surface area contributed by atoms with E-state index in [9.17, 15) is 14.7 Å². The second kappa shape index (κ2) is 5.05. The summed E-state index contributed by atoms with van der Waals surface area (Å²) in [6.07, 6.45) is 0. The minimum Gasteiger partial charge on any atom is -0.494 e. The Morgan fingerprint density at radius 2 is 2.06 bits per heavy atom. The fraction of sp³-hybridized carbons (Fsp3) is 0. The van der Waals surface area contributed by atoms with E-state index in [1.807, 2.05) is 6.07 Å². The molecule has 0 spiro atoms. The number of aromatic amines is 1. The van der Waals surface area contributed by atoms with Crippen molar-refractivity contribution in [2.75, 3.05) is 5.32 Å². The number of anilines is 1. The molecule has 0 aliphatic heterocycles. The number of pyridine rings is 1. The van der Waals surface area contributed by atoms with Crippen LogP contribution in [0.15, 0.2) is 45.7 Å². The van der Waals surface area contributed by atoms with Gasteiger partial charge in [0.15, 0.2) is 5.88 Å². The number of benzene rings is 1. The van der Waals surface area contributed by atoms with Crippen molar-refractivity contribution in [1.29, 1.82) is 0 Å². The molecule has 3 N–H and O–H groups in total. The Bertz CT molecular complexity index is 652. The number of amides is 1. The summed E-state index contributed by atoms with van der Waals surface area (Å²) in [5.41, 5.74) is 0.153. The van der Waals surface area contributed by atoms with Gasteiger partial charge >= 0.3 is 0 Å².